The molecule has 0 bridgehead atoms. The number of nitrogens with zero attached hydrogens (tertiary/aromatic N) is 2. The van der Waals surface area contributed by atoms with E-state index < -0.39 is 10.0 Å². The molecule has 7 heteroatoms. The molecule has 0 spiro atoms. The maximum Gasteiger partial charge on any atom is 0.243 e. The van der Waals surface area contributed by atoms with Crippen LogP contribution in [0.25, 0.3) is 11.3 Å². The number of benzene rings is 1. The fourth-order valence-corrected chi connectivity index (χ4v) is 4.90. The number of nitrogens with one attached hydrogen (secondary N) is 1. The van der Waals surface area contributed by atoms with Crippen LogP contribution in [0.3, 0.4) is 0 Å². The van der Waals surface area contributed by atoms with E-state index in [4.69, 9.17) is 0 Å². The molecule has 2 aromatic rings. The topological polar surface area (TPSA) is 62.3 Å². The average Bonchev–Trinajstić information content (AvgIpc) is 3.25. The van der Waals surface area contributed by atoms with Crippen molar-refractivity contribution in [1.29, 1.82) is 0 Å². The summed E-state index contributed by atoms with van der Waals surface area (Å²) >= 11 is 1.57. The van der Waals surface area contributed by atoms with Gasteiger partial charge < -0.3 is 5.32 Å². The van der Waals surface area contributed by atoms with E-state index in [1.165, 1.54) is 0 Å². The second-order valence-electron chi connectivity index (χ2n) is 6.45. The van der Waals surface area contributed by atoms with Gasteiger partial charge in [-0.3, -0.25) is 0 Å². The predicted molar refractivity (Wildman–Crippen MR) is 98.9 cm³/mol. The Balaban J connectivity index is 1.75. The normalized spacial score (nSPS) is 16.0. The van der Waals surface area contributed by atoms with Crippen LogP contribution in [0.4, 0.5) is 5.13 Å². The molecule has 1 N–H and O–H groups in total. The zero-order chi connectivity index (χ0) is 17.2. The molecule has 3 rings (SSSR count). The zero-order valence-corrected chi connectivity index (χ0v) is 15.7. The van der Waals surface area contributed by atoms with Crippen LogP contribution in [-0.4, -0.2) is 37.3 Å². The van der Waals surface area contributed by atoms with Gasteiger partial charge in [0.2, 0.25) is 10.0 Å². The smallest absolute Gasteiger partial charge is 0.243 e. The minimum atomic E-state index is -3.35. The van der Waals surface area contributed by atoms with Crippen molar-refractivity contribution in [2.75, 3.05) is 25.0 Å². The van der Waals surface area contributed by atoms with E-state index in [0.717, 1.165) is 35.8 Å². The van der Waals surface area contributed by atoms with E-state index in [-0.39, 0.29) is 0 Å². The first-order chi connectivity index (χ1) is 11.5. The van der Waals surface area contributed by atoms with Crippen LogP contribution >= 0.6 is 11.3 Å². The molecule has 0 atom stereocenters. The molecule has 5 nitrogen and oxygen atoms in total. The molecule has 0 radical (unpaired) electrons. The van der Waals surface area contributed by atoms with Crippen molar-refractivity contribution in [3.8, 4) is 11.3 Å². The van der Waals surface area contributed by atoms with Gasteiger partial charge in [0.05, 0.1) is 10.6 Å². The Hall–Kier alpha value is -1.44. The largest absolute Gasteiger partial charge is 0.361 e. The van der Waals surface area contributed by atoms with Crippen LogP contribution in [0.15, 0.2) is 34.5 Å². The molecule has 0 unspecified atom stereocenters. The zero-order valence-electron chi connectivity index (χ0n) is 14.0. The maximum atomic E-state index is 12.5. The molecule has 2 heterocycles. The minimum absolute atomic E-state index is 0.363. The van der Waals surface area contributed by atoms with E-state index in [0.29, 0.717) is 23.9 Å². The Labute approximate surface area is 147 Å². The first kappa shape index (κ1) is 17.4. The Morgan fingerprint density at radius 3 is 2.50 bits per heavy atom. The van der Waals surface area contributed by atoms with Crippen molar-refractivity contribution in [3.63, 3.8) is 0 Å². The summed E-state index contributed by atoms with van der Waals surface area (Å²) in [6.45, 7) is 6.45. The SMILES string of the molecule is CC(C)CNc1nc(-c2ccc(S(=O)(=O)N3CCCC3)cc2)cs1. The molecule has 24 heavy (non-hydrogen) atoms. The van der Waals surface area contributed by atoms with Gasteiger partial charge in [0.15, 0.2) is 5.13 Å². The molecule has 1 fully saturated rings. The van der Waals surface area contributed by atoms with Gasteiger partial charge in [-0.25, -0.2) is 13.4 Å². The molecule has 1 aromatic heterocycles. The summed E-state index contributed by atoms with van der Waals surface area (Å²) < 4.78 is 26.6. The summed E-state index contributed by atoms with van der Waals surface area (Å²) in [5, 5.41) is 6.20. The number of hydrogen-bond acceptors (Lipinski definition) is 5. The van der Waals surface area contributed by atoms with Crippen LogP contribution < -0.4 is 5.32 Å². The van der Waals surface area contributed by atoms with E-state index in [9.17, 15) is 8.42 Å². The van der Waals surface area contributed by atoms with Gasteiger partial charge >= 0.3 is 0 Å². The maximum absolute atomic E-state index is 12.5. The van der Waals surface area contributed by atoms with Crippen molar-refractivity contribution >= 4 is 26.5 Å². The number of thiazole rings is 1. The molecular formula is C17H23N3O2S2. The molecule has 0 amide bonds. The predicted octanol–water partition coefficient (Wildman–Crippen LogP) is 3.66. The lowest BCUT2D eigenvalue weighted by Crippen LogP contribution is -2.27. The fourth-order valence-electron chi connectivity index (χ4n) is 2.65. The Morgan fingerprint density at radius 1 is 1.21 bits per heavy atom. The summed E-state index contributed by atoms with van der Waals surface area (Å²) in [7, 11) is -3.35. The lowest BCUT2D eigenvalue weighted by molar-refractivity contribution is 0.477. The van der Waals surface area contributed by atoms with Crippen LogP contribution in [0.1, 0.15) is 26.7 Å². The van der Waals surface area contributed by atoms with Crippen molar-refractivity contribution in [2.45, 2.75) is 31.6 Å². The summed E-state index contributed by atoms with van der Waals surface area (Å²) in [5.74, 6) is 0.562. The van der Waals surface area contributed by atoms with E-state index >= 15 is 0 Å². The van der Waals surface area contributed by atoms with E-state index in [1.54, 1.807) is 27.8 Å². The molecule has 1 saturated heterocycles. The third-order valence-electron chi connectivity index (χ3n) is 4.02. The van der Waals surface area contributed by atoms with Crippen molar-refractivity contribution in [2.24, 2.45) is 5.92 Å². The highest BCUT2D eigenvalue weighted by atomic mass is 32.2. The van der Waals surface area contributed by atoms with Gasteiger partial charge in [-0.2, -0.15) is 4.31 Å². The number of hydrogen-bond donors (Lipinski definition) is 1. The highest BCUT2D eigenvalue weighted by Gasteiger charge is 2.26. The summed E-state index contributed by atoms with van der Waals surface area (Å²) in [6.07, 6.45) is 1.89. The van der Waals surface area contributed by atoms with Crippen molar-refractivity contribution in [3.05, 3.63) is 29.6 Å². The molecule has 0 aliphatic carbocycles. The first-order valence-electron chi connectivity index (χ1n) is 8.27. The highest BCUT2D eigenvalue weighted by molar-refractivity contribution is 7.89. The third kappa shape index (κ3) is 3.79. The van der Waals surface area contributed by atoms with Crippen LogP contribution in [0, 0.1) is 5.92 Å². The van der Waals surface area contributed by atoms with Gasteiger partial charge in [-0.1, -0.05) is 26.0 Å². The Kier molecular flexibility index (Phi) is 5.22. The number of aromatic nitrogens is 1. The summed E-state index contributed by atoms with van der Waals surface area (Å²) in [4.78, 5) is 4.93. The molecular weight excluding hydrogens is 342 g/mol. The standard InChI is InChI=1S/C17H23N3O2S2/c1-13(2)11-18-17-19-16(12-23-17)14-5-7-15(8-6-14)24(21,22)20-9-3-4-10-20/h5-8,12-13H,3-4,9-11H2,1-2H3,(H,18,19). The van der Waals surface area contributed by atoms with Crippen molar-refractivity contribution in [1.82, 2.24) is 9.29 Å². The molecule has 1 aromatic carbocycles. The quantitative estimate of drug-likeness (QED) is 0.848. The number of sulfonamides is 1. The lowest BCUT2D eigenvalue weighted by Gasteiger charge is -2.15. The molecule has 130 valence electrons. The van der Waals surface area contributed by atoms with Crippen LogP contribution in [-0.2, 0) is 10.0 Å². The van der Waals surface area contributed by atoms with E-state index in [2.05, 4.69) is 24.1 Å². The second kappa shape index (κ2) is 7.21. The monoisotopic (exact) mass is 365 g/mol. The van der Waals surface area contributed by atoms with Gasteiger partial charge in [0.1, 0.15) is 0 Å². The molecule has 1 aliphatic heterocycles. The van der Waals surface area contributed by atoms with Crippen LogP contribution in [0.5, 0.6) is 0 Å². The first-order valence-corrected chi connectivity index (χ1v) is 10.6. The number of anilines is 1. The fraction of sp³-hybridized carbons (Fsp3) is 0.471. The minimum Gasteiger partial charge on any atom is -0.361 e. The Morgan fingerprint density at radius 2 is 1.88 bits per heavy atom. The van der Waals surface area contributed by atoms with Gasteiger partial charge in [-0.15, -0.1) is 11.3 Å². The molecule has 1 aliphatic rings. The summed E-state index contributed by atoms with van der Waals surface area (Å²) in [6, 6.07) is 7.04. The third-order valence-corrected chi connectivity index (χ3v) is 6.73. The highest BCUT2D eigenvalue weighted by Crippen LogP contribution is 2.27. The van der Waals surface area contributed by atoms with Gasteiger partial charge in [0.25, 0.3) is 0 Å². The van der Waals surface area contributed by atoms with Gasteiger partial charge in [0, 0.05) is 30.6 Å². The average molecular weight is 366 g/mol. The number of rotatable bonds is 6. The van der Waals surface area contributed by atoms with E-state index in [1.807, 2.05) is 17.5 Å². The van der Waals surface area contributed by atoms with Crippen LogP contribution in [0.2, 0.25) is 0 Å². The summed E-state index contributed by atoms with van der Waals surface area (Å²) in [5.41, 5.74) is 1.81. The second-order valence-corrected chi connectivity index (χ2v) is 9.24. The lowest BCUT2D eigenvalue weighted by atomic mass is 10.2. The van der Waals surface area contributed by atoms with Gasteiger partial charge in [-0.05, 0) is 30.9 Å². The molecule has 0 saturated carbocycles. The van der Waals surface area contributed by atoms with Crippen molar-refractivity contribution < 1.29 is 8.42 Å². The Bertz CT molecular complexity index is 776.